The molecule has 2 N–H and O–H groups in total. The van der Waals surface area contributed by atoms with Crippen molar-refractivity contribution in [2.24, 2.45) is 0 Å². The molecule has 0 heterocycles. The zero-order valence-corrected chi connectivity index (χ0v) is 7.43. The second-order valence-electron chi connectivity index (χ2n) is 3.01. The van der Waals surface area contributed by atoms with Crippen molar-refractivity contribution in [1.29, 1.82) is 0 Å². The molecule has 8 heteroatoms. The molecule has 0 aromatic carbocycles. The van der Waals surface area contributed by atoms with Crippen LogP contribution in [0.4, 0.5) is 17.6 Å². The van der Waals surface area contributed by atoms with E-state index in [1.807, 2.05) is 0 Å². The SMILES string of the molecule is O=C(O)C1=C(F)C(F)=C(F)C(F)(C(=O)O)C1. The molecule has 1 atom stereocenters. The molecule has 1 aliphatic carbocycles. The van der Waals surface area contributed by atoms with Gasteiger partial charge in [0.25, 0.3) is 5.67 Å². The number of carbonyl (C=O) groups is 2. The van der Waals surface area contributed by atoms with Gasteiger partial charge in [0.2, 0.25) is 0 Å². The lowest BCUT2D eigenvalue weighted by molar-refractivity contribution is -0.149. The van der Waals surface area contributed by atoms with Crippen molar-refractivity contribution in [3.8, 4) is 0 Å². The predicted octanol–water partition coefficient (Wildman–Crippen LogP) is 1.64. The molecular formula is C8H4F4O4. The van der Waals surface area contributed by atoms with Crippen LogP contribution in [0.5, 0.6) is 0 Å². The van der Waals surface area contributed by atoms with Gasteiger partial charge in [-0.3, -0.25) is 0 Å². The van der Waals surface area contributed by atoms with Crippen molar-refractivity contribution in [3.05, 3.63) is 23.1 Å². The highest BCUT2D eigenvalue weighted by Crippen LogP contribution is 2.42. The Morgan fingerprint density at radius 2 is 1.62 bits per heavy atom. The van der Waals surface area contributed by atoms with E-state index in [2.05, 4.69) is 0 Å². The number of rotatable bonds is 2. The van der Waals surface area contributed by atoms with Gasteiger partial charge in [0, 0.05) is 6.42 Å². The fraction of sp³-hybridized carbons (Fsp3) is 0.250. The summed E-state index contributed by atoms with van der Waals surface area (Å²) >= 11 is 0. The summed E-state index contributed by atoms with van der Waals surface area (Å²) < 4.78 is 51.8. The first-order valence-corrected chi connectivity index (χ1v) is 3.82. The fourth-order valence-corrected chi connectivity index (χ4v) is 1.14. The number of hydrogen-bond acceptors (Lipinski definition) is 2. The van der Waals surface area contributed by atoms with Crippen LogP contribution in [-0.2, 0) is 9.59 Å². The van der Waals surface area contributed by atoms with Crippen molar-refractivity contribution >= 4 is 11.9 Å². The van der Waals surface area contributed by atoms with E-state index in [0.29, 0.717) is 0 Å². The highest BCUT2D eigenvalue weighted by Gasteiger charge is 2.52. The van der Waals surface area contributed by atoms with Crippen molar-refractivity contribution < 1.29 is 37.4 Å². The van der Waals surface area contributed by atoms with Crippen molar-refractivity contribution in [2.45, 2.75) is 12.1 Å². The second-order valence-corrected chi connectivity index (χ2v) is 3.01. The van der Waals surface area contributed by atoms with Gasteiger partial charge in [0.1, 0.15) is 0 Å². The monoisotopic (exact) mass is 240 g/mol. The number of aliphatic carboxylic acids is 2. The van der Waals surface area contributed by atoms with Crippen LogP contribution >= 0.6 is 0 Å². The molecule has 16 heavy (non-hydrogen) atoms. The van der Waals surface area contributed by atoms with Gasteiger partial charge < -0.3 is 10.2 Å². The lowest BCUT2D eigenvalue weighted by Crippen LogP contribution is -2.38. The maximum atomic E-state index is 13.4. The summed E-state index contributed by atoms with van der Waals surface area (Å²) in [6.45, 7) is 0. The zero-order chi connectivity index (χ0) is 12.7. The van der Waals surface area contributed by atoms with Crippen LogP contribution in [0.2, 0.25) is 0 Å². The van der Waals surface area contributed by atoms with Crippen LogP contribution in [0.25, 0.3) is 0 Å². The Morgan fingerprint density at radius 1 is 1.12 bits per heavy atom. The molecule has 0 aliphatic heterocycles. The zero-order valence-electron chi connectivity index (χ0n) is 7.43. The summed E-state index contributed by atoms with van der Waals surface area (Å²) in [6, 6.07) is 0. The number of alkyl halides is 1. The van der Waals surface area contributed by atoms with Crippen molar-refractivity contribution in [3.63, 3.8) is 0 Å². The molecule has 0 fully saturated rings. The van der Waals surface area contributed by atoms with E-state index in [9.17, 15) is 27.2 Å². The number of allylic oxidation sites excluding steroid dienone is 2. The topological polar surface area (TPSA) is 74.6 Å². The Morgan fingerprint density at radius 3 is 2.00 bits per heavy atom. The van der Waals surface area contributed by atoms with Crippen molar-refractivity contribution in [2.75, 3.05) is 0 Å². The highest BCUT2D eigenvalue weighted by atomic mass is 19.2. The number of carboxylic acid groups (broad SMARTS) is 2. The average molecular weight is 240 g/mol. The first-order valence-electron chi connectivity index (χ1n) is 3.82. The van der Waals surface area contributed by atoms with Crippen LogP contribution in [0.15, 0.2) is 23.1 Å². The third kappa shape index (κ3) is 1.55. The standard InChI is InChI=1S/C8H4F4O4/c9-3-2(6(13)14)1-8(12,7(15)16)5(11)4(3)10/h1H2,(H,13,14)(H,15,16). The van der Waals surface area contributed by atoms with Gasteiger partial charge in [-0.2, -0.15) is 0 Å². The van der Waals surface area contributed by atoms with Crippen LogP contribution in [0.3, 0.4) is 0 Å². The van der Waals surface area contributed by atoms with E-state index in [1.165, 1.54) is 0 Å². The minimum Gasteiger partial charge on any atom is -0.479 e. The Bertz CT molecular complexity index is 439. The van der Waals surface area contributed by atoms with E-state index in [1.54, 1.807) is 0 Å². The molecule has 0 radical (unpaired) electrons. The molecule has 88 valence electrons. The van der Waals surface area contributed by atoms with Gasteiger partial charge >= 0.3 is 11.9 Å². The van der Waals surface area contributed by atoms with Crippen molar-refractivity contribution in [1.82, 2.24) is 0 Å². The molecule has 0 bridgehead atoms. The first-order chi connectivity index (χ1) is 7.21. The van der Waals surface area contributed by atoms with Gasteiger partial charge in [-0.1, -0.05) is 0 Å². The van der Waals surface area contributed by atoms with Gasteiger partial charge in [0.05, 0.1) is 5.57 Å². The van der Waals surface area contributed by atoms with E-state index in [0.717, 1.165) is 0 Å². The summed E-state index contributed by atoms with van der Waals surface area (Å²) in [6.07, 6.45) is -1.61. The number of hydrogen-bond donors (Lipinski definition) is 2. The minimum atomic E-state index is -3.88. The third-order valence-electron chi connectivity index (χ3n) is 2.02. The molecule has 4 nitrogen and oxygen atoms in total. The van der Waals surface area contributed by atoms with Crippen LogP contribution < -0.4 is 0 Å². The molecule has 1 rings (SSSR count). The van der Waals surface area contributed by atoms with Gasteiger partial charge in [-0.25, -0.2) is 27.2 Å². The van der Waals surface area contributed by atoms with Gasteiger partial charge in [-0.15, -0.1) is 0 Å². The van der Waals surface area contributed by atoms with E-state index >= 15 is 0 Å². The predicted molar refractivity (Wildman–Crippen MR) is 41.1 cm³/mol. The van der Waals surface area contributed by atoms with E-state index in [-0.39, 0.29) is 0 Å². The number of carboxylic acids is 2. The Hall–Kier alpha value is -1.86. The first kappa shape index (κ1) is 12.2. The quantitative estimate of drug-likeness (QED) is 0.719. The highest BCUT2D eigenvalue weighted by molar-refractivity contribution is 5.92. The Labute approximate surface area is 85.5 Å². The van der Waals surface area contributed by atoms with Crippen LogP contribution in [-0.4, -0.2) is 27.8 Å². The summed E-state index contributed by atoms with van der Waals surface area (Å²) in [5.74, 6) is -11.5. The normalized spacial score (nSPS) is 26.0. The molecule has 1 unspecified atom stereocenters. The molecule has 0 aromatic rings. The van der Waals surface area contributed by atoms with E-state index in [4.69, 9.17) is 10.2 Å². The Balaban J connectivity index is 3.41. The molecule has 1 aliphatic rings. The van der Waals surface area contributed by atoms with E-state index < -0.39 is 47.1 Å². The maximum absolute atomic E-state index is 13.4. The summed E-state index contributed by atoms with van der Waals surface area (Å²) in [5.41, 5.74) is -5.34. The van der Waals surface area contributed by atoms with Gasteiger partial charge in [0.15, 0.2) is 17.5 Å². The molecular weight excluding hydrogens is 236 g/mol. The number of halogens is 4. The second kappa shape index (κ2) is 3.62. The minimum absolute atomic E-state index is 1.45. The Kier molecular flexibility index (Phi) is 2.76. The largest absolute Gasteiger partial charge is 0.479 e. The third-order valence-corrected chi connectivity index (χ3v) is 2.02. The summed E-state index contributed by atoms with van der Waals surface area (Å²) in [7, 11) is 0. The fourth-order valence-electron chi connectivity index (χ4n) is 1.14. The van der Waals surface area contributed by atoms with Crippen LogP contribution in [0, 0.1) is 0 Å². The lowest BCUT2D eigenvalue weighted by atomic mass is 9.89. The molecule has 0 saturated heterocycles. The lowest BCUT2D eigenvalue weighted by Gasteiger charge is -2.23. The summed E-state index contributed by atoms with van der Waals surface area (Å²) in [4.78, 5) is 20.7. The molecule has 0 saturated carbocycles. The maximum Gasteiger partial charge on any atom is 0.349 e. The molecule has 0 aromatic heterocycles. The smallest absolute Gasteiger partial charge is 0.349 e. The molecule has 0 amide bonds. The average Bonchev–Trinajstić information content (AvgIpc) is 2.19. The molecule has 0 spiro atoms. The van der Waals surface area contributed by atoms with Gasteiger partial charge in [-0.05, 0) is 0 Å². The summed E-state index contributed by atoms with van der Waals surface area (Å²) in [5, 5.41) is 16.7. The van der Waals surface area contributed by atoms with Crippen LogP contribution in [0.1, 0.15) is 6.42 Å².